The van der Waals surface area contributed by atoms with Crippen LogP contribution in [0.15, 0.2) is 52.7 Å². The zero-order valence-corrected chi connectivity index (χ0v) is 15.2. The summed E-state index contributed by atoms with van der Waals surface area (Å²) in [4.78, 5) is 18.2. The lowest BCUT2D eigenvalue weighted by Gasteiger charge is -2.17. The second-order valence-electron chi connectivity index (χ2n) is 5.77. The highest BCUT2D eigenvalue weighted by Gasteiger charge is 2.21. The minimum atomic E-state index is -0.153. The molecule has 1 atom stereocenters. The van der Waals surface area contributed by atoms with Crippen LogP contribution in [0, 0.1) is 6.92 Å². The topological polar surface area (TPSA) is 42.0 Å². The van der Waals surface area contributed by atoms with E-state index in [-0.39, 0.29) is 11.8 Å². The van der Waals surface area contributed by atoms with Gasteiger partial charge in [0.2, 0.25) is 5.91 Å². The number of carbonyl (C=O) groups is 1. The molecule has 124 valence electrons. The number of nitrogens with zero attached hydrogens (tertiary/aromatic N) is 1. The Bertz CT molecular complexity index is 749. The van der Waals surface area contributed by atoms with Gasteiger partial charge in [0.25, 0.3) is 0 Å². The molecule has 3 nitrogen and oxygen atoms in total. The van der Waals surface area contributed by atoms with Crippen molar-refractivity contribution in [3.8, 4) is 0 Å². The molecule has 0 bridgehead atoms. The number of hydrogen-bond acceptors (Lipinski definition) is 4. The maximum atomic E-state index is 12.8. The van der Waals surface area contributed by atoms with Crippen molar-refractivity contribution in [3.05, 3.63) is 74.4 Å². The predicted molar refractivity (Wildman–Crippen MR) is 101 cm³/mol. The molecule has 0 aliphatic heterocycles. The summed E-state index contributed by atoms with van der Waals surface area (Å²) in [5, 5.41) is 7.16. The molecule has 2 heterocycles. The summed E-state index contributed by atoms with van der Waals surface area (Å²) in [6.45, 7) is 2.68. The van der Waals surface area contributed by atoms with Crippen molar-refractivity contribution in [2.24, 2.45) is 0 Å². The highest BCUT2D eigenvalue weighted by atomic mass is 32.1. The summed E-state index contributed by atoms with van der Waals surface area (Å²) in [6.07, 6.45) is 1.51. The highest BCUT2D eigenvalue weighted by Crippen LogP contribution is 2.24. The van der Waals surface area contributed by atoms with E-state index in [1.165, 1.54) is 10.4 Å². The zero-order chi connectivity index (χ0) is 16.8. The molecular weight excluding hydrogens is 336 g/mol. The molecule has 2 aromatic heterocycles. The third-order valence-electron chi connectivity index (χ3n) is 3.95. The van der Waals surface area contributed by atoms with Gasteiger partial charge in [0.1, 0.15) is 0 Å². The highest BCUT2D eigenvalue weighted by molar-refractivity contribution is 7.09. The minimum Gasteiger partial charge on any atom is -0.355 e. The largest absolute Gasteiger partial charge is 0.355 e. The number of amides is 1. The van der Waals surface area contributed by atoms with Gasteiger partial charge in [0, 0.05) is 23.2 Å². The van der Waals surface area contributed by atoms with Crippen LogP contribution in [0.3, 0.4) is 0 Å². The number of thiazole rings is 1. The van der Waals surface area contributed by atoms with Crippen LogP contribution >= 0.6 is 22.7 Å². The smallest absolute Gasteiger partial charge is 0.227 e. The van der Waals surface area contributed by atoms with Gasteiger partial charge in [-0.3, -0.25) is 4.79 Å². The van der Waals surface area contributed by atoms with Gasteiger partial charge in [-0.1, -0.05) is 35.9 Å². The van der Waals surface area contributed by atoms with Crippen LogP contribution in [0.25, 0.3) is 0 Å². The molecule has 1 amide bonds. The predicted octanol–water partition coefficient (Wildman–Crippen LogP) is 4.20. The summed E-state index contributed by atoms with van der Waals surface area (Å²) >= 11 is 3.28. The van der Waals surface area contributed by atoms with Crippen LogP contribution in [-0.2, 0) is 17.6 Å². The Labute approximate surface area is 150 Å². The number of thiophene rings is 1. The first kappa shape index (κ1) is 16.9. The first-order chi connectivity index (χ1) is 11.7. The number of rotatable bonds is 7. The van der Waals surface area contributed by atoms with Crippen LogP contribution in [0.4, 0.5) is 0 Å². The Balaban J connectivity index is 1.68. The van der Waals surface area contributed by atoms with Gasteiger partial charge in [0.05, 0.1) is 17.1 Å². The van der Waals surface area contributed by atoms with Gasteiger partial charge in [-0.05, 0) is 30.4 Å². The molecule has 0 radical (unpaired) electrons. The average Bonchev–Trinajstić information content (AvgIpc) is 3.27. The summed E-state index contributed by atoms with van der Waals surface area (Å²) < 4.78 is 0. The molecule has 0 saturated heterocycles. The Morgan fingerprint density at radius 2 is 2.08 bits per heavy atom. The molecule has 24 heavy (non-hydrogen) atoms. The lowest BCUT2D eigenvalue weighted by Crippen LogP contribution is -2.32. The summed E-state index contributed by atoms with van der Waals surface area (Å²) in [5.74, 6) is -0.0674. The Kier molecular flexibility index (Phi) is 5.77. The fraction of sp³-hybridized carbons (Fsp3) is 0.263. The third kappa shape index (κ3) is 4.52. The Hall–Kier alpha value is -1.98. The number of benzene rings is 1. The number of aryl methyl sites for hydroxylation is 1. The molecule has 0 aliphatic rings. The number of carbonyl (C=O) groups excluding carboxylic acids is 1. The average molecular weight is 357 g/mol. The number of nitrogens with one attached hydrogen (secondary N) is 1. The van der Waals surface area contributed by atoms with E-state index in [0.29, 0.717) is 6.54 Å². The van der Waals surface area contributed by atoms with Crippen molar-refractivity contribution >= 4 is 28.6 Å². The standard InChI is InChI=1S/C19H20N2OS2/c1-14-4-6-15(7-5-14)18(11-17-3-2-10-24-17)19(22)20-9-8-16-12-23-13-21-16/h2-7,10,12-13,18H,8-9,11H2,1H3,(H,20,22). The van der Waals surface area contributed by atoms with Crippen molar-refractivity contribution in [2.75, 3.05) is 6.54 Å². The van der Waals surface area contributed by atoms with Crippen molar-refractivity contribution in [2.45, 2.75) is 25.7 Å². The summed E-state index contributed by atoms with van der Waals surface area (Å²) in [6, 6.07) is 12.4. The van der Waals surface area contributed by atoms with Gasteiger partial charge < -0.3 is 5.32 Å². The molecule has 0 fully saturated rings. The van der Waals surface area contributed by atoms with E-state index >= 15 is 0 Å². The maximum Gasteiger partial charge on any atom is 0.227 e. The Morgan fingerprint density at radius 3 is 2.75 bits per heavy atom. The van der Waals surface area contributed by atoms with Crippen LogP contribution in [0.5, 0.6) is 0 Å². The van der Waals surface area contributed by atoms with E-state index in [9.17, 15) is 4.79 Å². The van der Waals surface area contributed by atoms with E-state index in [2.05, 4.69) is 52.9 Å². The van der Waals surface area contributed by atoms with E-state index < -0.39 is 0 Å². The van der Waals surface area contributed by atoms with Crippen molar-refractivity contribution in [3.63, 3.8) is 0 Å². The first-order valence-electron chi connectivity index (χ1n) is 7.96. The molecule has 1 unspecified atom stereocenters. The van der Waals surface area contributed by atoms with Crippen LogP contribution < -0.4 is 5.32 Å². The van der Waals surface area contributed by atoms with Gasteiger partial charge in [0.15, 0.2) is 0 Å². The summed E-state index contributed by atoms with van der Waals surface area (Å²) in [7, 11) is 0. The molecule has 0 spiro atoms. The Morgan fingerprint density at radius 1 is 1.25 bits per heavy atom. The third-order valence-corrected chi connectivity index (χ3v) is 5.48. The van der Waals surface area contributed by atoms with Crippen LogP contribution in [0.2, 0.25) is 0 Å². The molecule has 1 N–H and O–H groups in total. The van der Waals surface area contributed by atoms with E-state index in [1.54, 1.807) is 22.7 Å². The van der Waals surface area contributed by atoms with Crippen LogP contribution in [-0.4, -0.2) is 17.4 Å². The molecule has 3 rings (SSSR count). The maximum absolute atomic E-state index is 12.8. The van der Waals surface area contributed by atoms with Gasteiger partial charge in [-0.25, -0.2) is 4.98 Å². The quantitative estimate of drug-likeness (QED) is 0.689. The first-order valence-corrected chi connectivity index (χ1v) is 9.78. The fourth-order valence-electron chi connectivity index (χ4n) is 2.59. The monoisotopic (exact) mass is 356 g/mol. The molecule has 0 saturated carbocycles. The minimum absolute atomic E-state index is 0.0856. The van der Waals surface area contributed by atoms with Crippen LogP contribution in [0.1, 0.15) is 27.6 Å². The number of hydrogen-bond donors (Lipinski definition) is 1. The molecule has 1 aromatic carbocycles. The second kappa shape index (κ2) is 8.22. The van der Waals surface area contributed by atoms with E-state index in [1.807, 2.05) is 17.0 Å². The lowest BCUT2D eigenvalue weighted by molar-refractivity contribution is -0.122. The van der Waals surface area contributed by atoms with E-state index in [0.717, 1.165) is 24.1 Å². The molecule has 0 aliphatic carbocycles. The molecule has 3 aromatic rings. The van der Waals surface area contributed by atoms with Crippen molar-refractivity contribution < 1.29 is 4.79 Å². The fourth-order valence-corrected chi connectivity index (χ4v) is 3.93. The van der Waals surface area contributed by atoms with Gasteiger partial charge in [-0.2, -0.15) is 0 Å². The SMILES string of the molecule is Cc1ccc(C(Cc2cccs2)C(=O)NCCc2cscn2)cc1. The van der Waals surface area contributed by atoms with Gasteiger partial charge in [-0.15, -0.1) is 22.7 Å². The van der Waals surface area contributed by atoms with Crippen molar-refractivity contribution in [1.82, 2.24) is 10.3 Å². The van der Waals surface area contributed by atoms with E-state index in [4.69, 9.17) is 0 Å². The zero-order valence-electron chi connectivity index (χ0n) is 13.6. The molecular formula is C19H20N2OS2. The normalized spacial score (nSPS) is 12.0. The summed E-state index contributed by atoms with van der Waals surface area (Å²) in [5.41, 5.74) is 5.13. The lowest BCUT2D eigenvalue weighted by atomic mass is 9.93. The molecule has 5 heteroatoms. The second-order valence-corrected chi connectivity index (χ2v) is 7.52. The van der Waals surface area contributed by atoms with Crippen molar-refractivity contribution in [1.29, 1.82) is 0 Å². The van der Waals surface area contributed by atoms with Gasteiger partial charge >= 0.3 is 0 Å². The number of aromatic nitrogens is 1.